The lowest BCUT2D eigenvalue weighted by Gasteiger charge is -2.46. The van der Waals surface area contributed by atoms with Crippen molar-refractivity contribution in [2.24, 2.45) is 23.2 Å². The average Bonchev–Trinajstić information content (AvgIpc) is 3.35. The number of carbonyl (C=O) groups excluding carboxylic acids is 2. The molecule has 4 aliphatic rings. The molecule has 7 atom stereocenters. The Bertz CT molecular complexity index is 1500. The maximum absolute atomic E-state index is 14.3. The van der Waals surface area contributed by atoms with Gasteiger partial charge in [0.25, 0.3) is 0 Å². The lowest BCUT2D eigenvalue weighted by Crippen LogP contribution is -2.54. The number of hydrogen-bond acceptors (Lipinski definition) is 6. The van der Waals surface area contributed by atoms with Gasteiger partial charge in [0.2, 0.25) is 0 Å². The van der Waals surface area contributed by atoms with E-state index in [9.17, 15) is 19.8 Å². The van der Waals surface area contributed by atoms with Crippen LogP contribution < -0.4 is 0 Å². The quantitative estimate of drug-likeness (QED) is 0.146. The molecule has 2 bridgehead atoms. The van der Waals surface area contributed by atoms with Gasteiger partial charge in [0.1, 0.15) is 6.10 Å². The van der Waals surface area contributed by atoms with E-state index in [0.29, 0.717) is 80.6 Å². The fourth-order valence-corrected chi connectivity index (χ4v) is 9.35. The van der Waals surface area contributed by atoms with Gasteiger partial charge >= 0.3 is 6.09 Å². The molecular formula is C44H63NO6. The largest absolute Gasteiger partial charge is 0.446 e. The van der Waals surface area contributed by atoms with Crippen LogP contribution in [0, 0.1) is 23.2 Å². The number of benzene rings is 2. The number of aliphatic hydroxyl groups excluding tert-OH is 1. The Labute approximate surface area is 306 Å². The van der Waals surface area contributed by atoms with Gasteiger partial charge in [0, 0.05) is 36.8 Å². The molecule has 4 aliphatic carbocycles. The molecule has 2 aromatic rings. The SMILES string of the molecule is COCCCN(C[C@]1(O)CC[C@H]2c3ccc(cc3C(=O)c3ccccc3)C[C@@H](O)CCC(C)=CCC[C@@]21C)C(=O)O[C@H]1C[C@@H](C)CC[C@@H]1C(C)C. The van der Waals surface area contributed by atoms with Crippen LogP contribution in [0.1, 0.15) is 132 Å². The molecule has 1 amide bonds. The van der Waals surface area contributed by atoms with E-state index in [1.807, 2.05) is 36.4 Å². The normalized spacial score (nSPS) is 30.0. The van der Waals surface area contributed by atoms with E-state index in [4.69, 9.17) is 9.47 Å². The Morgan fingerprint density at radius 1 is 1.04 bits per heavy atom. The van der Waals surface area contributed by atoms with Crippen molar-refractivity contribution in [1.29, 1.82) is 0 Å². The number of ether oxygens (including phenoxy) is 2. The number of carbonyl (C=O) groups is 2. The predicted molar refractivity (Wildman–Crippen MR) is 203 cm³/mol. The maximum Gasteiger partial charge on any atom is 0.410 e. The first-order valence-electron chi connectivity index (χ1n) is 19.6. The van der Waals surface area contributed by atoms with Crippen molar-refractivity contribution in [2.75, 3.05) is 26.8 Å². The summed E-state index contributed by atoms with van der Waals surface area (Å²) in [7, 11) is 1.67. The van der Waals surface area contributed by atoms with Crippen LogP contribution in [0.25, 0.3) is 0 Å². The van der Waals surface area contributed by atoms with E-state index in [1.165, 1.54) is 5.57 Å². The van der Waals surface area contributed by atoms with Crippen LogP contribution in [0.2, 0.25) is 0 Å². The van der Waals surface area contributed by atoms with Crippen LogP contribution in [-0.2, 0) is 15.9 Å². The Balaban J connectivity index is 1.53. The van der Waals surface area contributed by atoms with Crippen molar-refractivity contribution < 1.29 is 29.3 Å². The number of amides is 1. The number of ketones is 1. The monoisotopic (exact) mass is 701 g/mol. The highest BCUT2D eigenvalue weighted by Crippen LogP contribution is 2.59. The third kappa shape index (κ3) is 9.15. The molecule has 2 fully saturated rings. The summed E-state index contributed by atoms with van der Waals surface area (Å²) >= 11 is 0. The Morgan fingerprint density at radius 3 is 2.53 bits per heavy atom. The van der Waals surface area contributed by atoms with E-state index in [0.717, 1.165) is 43.2 Å². The maximum atomic E-state index is 14.3. The van der Waals surface area contributed by atoms with Crippen molar-refractivity contribution in [1.82, 2.24) is 4.90 Å². The minimum absolute atomic E-state index is 0.0475. The second kappa shape index (κ2) is 17.2. The molecule has 2 N–H and O–H groups in total. The number of aliphatic hydroxyl groups is 2. The first-order chi connectivity index (χ1) is 24.3. The number of fused-ring (bicyclic) bond motifs is 8. The van der Waals surface area contributed by atoms with E-state index in [2.05, 4.69) is 52.8 Å². The van der Waals surface area contributed by atoms with Crippen molar-refractivity contribution in [3.8, 4) is 0 Å². The van der Waals surface area contributed by atoms with E-state index >= 15 is 0 Å². The van der Waals surface area contributed by atoms with Gasteiger partial charge in [-0.15, -0.1) is 0 Å². The van der Waals surface area contributed by atoms with Crippen molar-refractivity contribution in [3.63, 3.8) is 0 Å². The molecule has 0 spiro atoms. The van der Waals surface area contributed by atoms with Gasteiger partial charge < -0.3 is 24.6 Å². The first-order valence-corrected chi connectivity index (χ1v) is 19.6. The lowest BCUT2D eigenvalue weighted by molar-refractivity contribution is -0.0868. The molecule has 0 heterocycles. The Hall–Kier alpha value is -3.00. The van der Waals surface area contributed by atoms with Crippen LogP contribution in [0.3, 0.4) is 0 Å². The number of rotatable bonds is 10. The number of allylic oxidation sites excluding steroid dienone is 2. The standard InChI is InChI=1S/C44H63NO6/c1-30(2)36-19-16-32(4)26-40(36)51-42(48)45(24-11-25-50-6)29-44(49)23-21-39-37-20-17-33(28-38(37)41(47)34-13-8-7-9-14-34)27-35(46)18-15-31(3)12-10-22-43(39,44)5/h7-9,12-14,17,20,28,30,32,35-36,39-40,46,49H,10-11,15-16,18-19,21-27,29H2,1-6H3/t32-,35-,36+,39-,40-,43-,44+/m0/s1. The fourth-order valence-electron chi connectivity index (χ4n) is 9.35. The second-order valence-electron chi connectivity index (χ2n) is 16.7. The summed E-state index contributed by atoms with van der Waals surface area (Å²) in [5.41, 5.74) is 2.48. The summed E-state index contributed by atoms with van der Waals surface area (Å²) in [5, 5.41) is 23.9. The Kier molecular flexibility index (Phi) is 13.2. The molecule has 280 valence electrons. The molecule has 0 aromatic heterocycles. The topological polar surface area (TPSA) is 96.3 Å². The van der Waals surface area contributed by atoms with Gasteiger partial charge in [0.05, 0.1) is 18.2 Å². The minimum atomic E-state index is -1.22. The predicted octanol–water partition coefficient (Wildman–Crippen LogP) is 8.89. The molecule has 2 saturated carbocycles. The summed E-state index contributed by atoms with van der Waals surface area (Å²) in [5.74, 6) is 1.07. The van der Waals surface area contributed by atoms with E-state index in [1.54, 1.807) is 12.0 Å². The first kappa shape index (κ1) is 39.2. The minimum Gasteiger partial charge on any atom is -0.446 e. The molecule has 0 aliphatic heterocycles. The highest BCUT2D eigenvalue weighted by molar-refractivity contribution is 6.10. The van der Waals surface area contributed by atoms with Crippen LogP contribution in [-0.4, -0.2) is 71.6 Å². The molecular weight excluding hydrogens is 638 g/mol. The van der Waals surface area contributed by atoms with Gasteiger partial charge in [-0.3, -0.25) is 4.79 Å². The summed E-state index contributed by atoms with van der Waals surface area (Å²) < 4.78 is 11.8. The molecule has 51 heavy (non-hydrogen) atoms. The smallest absolute Gasteiger partial charge is 0.410 e. The third-order valence-electron chi connectivity index (χ3n) is 12.7. The van der Waals surface area contributed by atoms with Crippen LogP contribution in [0.4, 0.5) is 4.79 Å². The van der Waals surface area contributed by atoms with Gasteiger partial charge in [-0.05, 0) is 112 Å². The van der Waals surface area contributed by atoms with Crippen LogP contribution in [0.5, 0.6) is 0 Å². The summed E-state index contributed by atoms with van der Waals surface area (Å²) in [6.45, 7) is 12.1. The molecule has 7 nitrogen and oxygen atoms in total. The number of nitrogens with zero attached hydrogens (tertiary/aromatic N) is 1. The van der Waals surface area contributed by atoms with Crippen molar-refractivity contribution in [3.05, 3.63) is 82.4 Å². The highest BCUT2D eigenvalue weighted by Gasteiger charge is 2.58. The van der Waals surface area contributed by atoms with E-state index < -0.39 is 17.1 Å². The highest BCUT2D eigenvalue weighted by atomic mass is 16.6. The number of methoxy groups -OCH3 is 1. The van der Waals surface area contributed by atoms with E-state index in [-0.39, 0.29) is 30.4 Å². The fraction of sp³-hybridized carbons (Fsp3) is 0.636. The Morgan fingerprint density at radius 2 is 1.80 bits per heavy atom. The molecule has 2 aromatic carbocycles. The molecule has 0 saturated heterocycles. The van der Waals surface area contributed by atoms with Crippen molar-refractivity contribution in [2.45, 2.75) is 129 Å². The average molecular weight is 702 g/mol. The molecule has 6 rings (SSSR count). The number of hydrogen-bond donors (Lipinski definition) is 2. The van der Waals surface area contributed by atoms with Gasteiger partial charge in [-0.25, -0.2) is 4.79 Å². The zero-order valence-electron chi connectivity index (χ0n) is 32.0. The lowest BCUT2D eigenvalue weighted by atomic mass is 9.64. The zero-order chi connectivity index (χ0) is 36.8. The van der Waals surface area contributed by atoms with Gasteiger partial charge in [-0.1, -0.05) is 88.2 Å². The van der Waals surface area contributed by atoms with Crippen molar-refractivity contribution >= 4 is 11.9 Å². The zero-order valence-corrected chi connectivity index (χ0v) is 32.0. The molecule has 7 heteroatoms. The summed E-state index contributed by atoms with van der Waals surface area (Å²) in [6.07, 6.45) is 9.49. The third-order valence-corrected chi connectivity index (χ3v) is 12.7. The molecule has 0 radical (unpaired) electrons. The van der Waals surface area contributed by atoms with Gasteiger partial charge in [-0.2, -0.15) is 0 Å². The van der Waals surface area contributed by atoms with Crippen LogP contribution in [0.15, 0.2) is 60.2 Å². The van der Waals surface area contributed by atoms with Crippen LogP contribution >= 0.6 is 0 Å². The van der Waals surface area contributed by atoms with Gasteiger partial charge in [0.15, 0.2) is 5.78 Å². The summed E-state index contributed by atoms with van der Waals surface area (Å²) in [6, 6.07) is 15.5. The summed E-state index contributed by atoms with van der Waals surface area (Å²) in [4.78, 5) is 30.2. The second-order valence-corrected chi connectivity index (χ2v) is 16.7. The molecule has 0 unspecified atom stereocenters.